The Morgan fingerprint density at radius 2 is 2.25 bits per heavy atom. The van der Waals surface area contributed by atoms with Crippen LogP contribution in [0.4, 0.5) is 5.69 Å². The predicted molar refractivity (Wildman–Crippen MR) is 78.1 cm³/mol. The van der Waals surface area contributed by atoms with Crippen molar-refractivity contribution in [3.63, 3.8) is 0 Å². The molecular weight excluding hydrogens is 256 g/mol. The van der Waals surface area contributed by atoms with Gasteiger partial charge < -0.3 is 10.1 Å². The first-order valence-corrected chi connectivity index (χ1v) is 7.01. The molecule has 0 heterocycles. The quantitative estimate of drug-likeness (QED) is 0.664. The molecule has 2 rings (SSSR count). The molecule has 3 unspecified atom stereocenters. The van der Waals surface area contributed by atoms with Crippen molar-refractivity contribution in [1.82, 2.24) is 5.32 Å². The van der Waals surface area contributed by atoms with Crippen LogP contribution in [-0.4, -0.2) is 24.1 Å². The molecule has 1 aromatic carbocycles. The third kappa shape index (κ3) is 2.38. The van der Waals surface area contributed by atoms with E-state index in [9.17, 15) is 10.1 Å². The molecule has 0 radical (unpaired) electrons. The van der Waals surface area contributed by atoms with Gasteiger partial charge in [0.25, 0.3) is 5.69 Å². The molecule has 20 heavy (non-hydrogen) atoms. The summed E-state index contributed by atoms with van der Waals surface area (Å²) in [5.41, 5.74) is 1.03. The zero-order chi connectivity index (χ0) is 14.9. The molecular formula is C15H22N2O3. The fourth-order valence-electron chi connectivity index (χ4n) is 2.95. The Labute approximate surface area is 119 Å². The number of nitro groups is 1. The Hall–Kier alpha value is -1.62. The van der Waals surface area contributed by atoms with Gasteiger partial charge in [0.2, 0.25) is 0 Å². The van der Waals surface area contributed by atoms with Crippen molar-refractivity contribution in [3.8, 4) is 5.75 Å². The summed E-state index contributed by atoms with van der Waals surface area (Å²) < 4.78 is 6.09. The number of hydrogen-bond donors (Lipinski definition) is 1. The van der Waals surface area contributed by atoms with Crippen LogP contribution < -0.4 is 10.1 Å². The van der Waals surface area contributed by atoms with Crippen LogP contribution >= 0.6 is 0 Å². The maximum Gasteiger partial charge on any atom is 0.269 e. The van der Waals surface area contributed by atoms with Gasteiger partial charge in [-0.3, -0.25) is 10.1 Å². The summed E-state index contributed by atoms with van der Waals surface area (Å²) in [5.74, 6) is 0.745. The minimum absolute atomic E-state index is 0.106. The first-order chi connectivity index (χ1) is 9.42. The Balaban J connectivity index is 2.13. The average molecular weight is 278 g/mol. The van der Waals surface area contributed by atoms with Crippen LogP contribution in [0.5, 0.6) is 5.75 Å². The lowest BCUT2D eigenvalue weighted by molar-refractivity contribution is -0.384. The highest BCUT2D eigenvalue weighted by Gasteiger charge is 2.51. The monoisotopic (exact) mass is 278 g/mol. The van der Waals surface area contributed by atoms with Gasteiger partial charge in [0.1, 0.15) is 11.9 Å². The number of nitrogens with zero attached hydrogens (tertiary/aromatic N) is 1. The van der Waals surface area contributed by atoms with Crippen LogP contribution in [0.1, 0.15) is 32.3 Å². The summed E-state index contributed by atoms with van der Waals surface area (Å²) in [6.45, 7) is 6.24. The third-order valence-corrected chi connectivity index (χ3v) is 4.73. The van der Waals surface area contributed by atoms with E-state index in [0.29, 0.717) is 6.04 Å². The van der Waals surface area contributed by atoms with Gasteiger partial charge in [-0.05, 0) is 32.0 Å². The molecule has 1 aliphatic rings. The second kappa shape index (κ2) is 5.40. The van der Waals surface area contributed by atoms with E-state index in [-0.39, 0.29) is 22.1 Å². The van der Waals surface area contributed by atoms with Gasteiger partial charge in [-0.1, -0.05) is 13.8 Å². The topological polar surface area (TPSA) is 64.4 Å². The van der Waals surface area contributed by atoms with Crippen molar-refractivity contribution in [1.29, 1.82) is 0 Å². The van der Waals surface area contributed by atoms with E-state index in [1.807, 2.05) is 14.0 Å². The van der Waals surface area contributed by atoms with Gasteiger partial charge in [-0.2, -0.15) is 0 Å². The van der Waals surface area contributed by atoms with Gasteiger partial charge in [-0.15, -0.1) is 0 Å². The first-order valence-electron chi connectivity index (χ1n) is 7.01. The largest absolute Gasteiger partial charge is 0.489 e. The molecule has 1 saturated carbocycles. The number of nitro benzene ring substituents is 1. The molecule has 1 fully saturated rings. The summed E-state index contributed by atoms with van der Waals surface area (Å²) in [6.07, 6.45) is 2.16. The predicted octanol–water partition coefficient (Wildman–Crippen LogP) is 3.06. The molecule has 3 atom stereocenters. The number of aryl methyl sites for hydroxylation is 1. The zero-order valence-corrected chi connectivity index (χ0v) is 12.5. The molecule has 5 heteroatoms. The molecule has 1 aromatic rings. The Morgan fingerprint density at radius 1 is 1.55 bits per heavy atom. The summed E-state index contributed by atoms with van der Waals surface area (Å²) in [6, 6.07) is 5.24. The van der Waals surface area contributed by atoms with Crippen LogP contribution in [-0.2, 0) is 0 Å². The number of benzene rings is 1. The molecule has 5 nitrogen and oxygen atoms in total. The smallest absolute Gasteiger partial charge is 0.269 e. The van der Waals surface area contributed by atoms with Gasteiger partial charge in [0, 0.05) is 30.0 Å². The van der Waals surface area contributed by atoms with Crippen molar-refractivity contribution >= 4 is 5.69 Å². The fourth-order valence-corrected chi connectivity index (χ4v) is 2.95. The van der Waals surface area contributed by atoms with Crippen molar-refractivity contribution in [2.75, 3.05) is 7.05 Å². The third-order valence-electron chi connectivity index (χ3n) is 4.73. The van der Waals surface area contributed by atoms with Gasteiger partial charge >= 0.3 is 0 Å². The number of ether oxygens (including phenoxy) is 1. The van der Waals surface area contributed by atoms with Gasteiger partial charge in [-0.25, -0.2) is 0 Å². The van der Waals surface area contributed by atoms with E-state index in [2.05, 4.69) is 19.2 Å². The minimum Gasteiger partial charge on any atom is -0.489 e. The van der Waals surface area contributed by atoms with Crippen LogP contribution in [0, 0.1) is 22.5 Å². The normalized spacial score (nSPS) is 28.8. The molecule has 1 aliphatic carbocycles. The number of rotatable bonds is 5. The maximum atomic E-state index is 10.7. The lowest BCUT2D eigenvalue weighted by Gasteiger charge is -2.53. The van der Waals surface area contributed by atoms with Crippen molar-refractivity contribution in [3.05, 3.63) is 33.9 Å². The fraction of sp³-hybridized carbons (Fsp3) is 0.600. The van der Waals surface area contributed by atoms with E-state index >= 15 is 0 Å². The maximum absolute atomic E-state index is 10.7. The average Bonchev–Trinajstić information content (AvgIpc) is 2.43. The number of hydrogen-bond acceptors (Lipinski definition) is 4. The molecule has 0 spiro atoms. The van der Waals surface area contributed by atoms with E-state index in [4.69, 9.17) is 4.74 Å². The highest BCUT2D eigenvalue weighted by atomic mass is 16.6. The molecule has 0 aliphatic heterocycles. The van der Waals surface area contributed by atoms with Crippen LogP contribution in [0.2, 0.25) is 0 Å². The van der Waals surface area contributed by atoms with E-state index in [1.165, 1.54) is 6.07 Å². The standard InChI is InChI=1S/C15H22N2O3/c1-5-15(3)13(16-4)9-14(15)20-12-7-6-11(17(18)19)8-10(12)2/h6-8,13-14,16H,5,9H2,1-4H3. The second-order valence-corrected chi connectivity index (χ2v) is 5.75. The molecule has 0 aromatic heterocycles. The lowest BCUT2D eigenvalue weighted by atomic mass is 9.61. The number of non-ortho nitro benzene ring substituents is 1. The lowest BCUT2D eigenvalue weighted by Crippen LogP contribution is -2.62. The number of nitrogens with one attached hydrogen (secondary N) is 1. The minimum atomic E-state index is -0.382. The molecule has 0 amide bonds. The Kier molecular flexibility index (Phi) is 3.99. The van der Waals surface area contributed by atoms with Crippen molar-refractivity contribution < 1.29 is 9.66 Å². The molecule has 0 bridgehead atoms. The van der Waals surface area contributed by atoms with E-state index < -0.39 is 0 Å². The Bertz CT molecular complexity index is 518. The molecule has 1 N–H and O–H groups in total. The second-order valence-electron chi connectivity index (χ2n) is 5.75. The van der Waals surface area contributed by atoms with Gasteiger partial charge in [0.15, 0.2) is 0 Å². The molecule has 110 valence electrons. The van der Waals surface area contributed by atoms with Crippen LogP contribution in [0.25, 0.3) is 0 Å². The highest BCUT2D eigenvalue weighted by Crippen LogP contribution is 2.46. The van der Waals surface area contributed by atoms with Crippen molar-refractivity contribution in [2.45, 2.75) is 45.8 Å². The first kappa shape index (κ1) is 14.8. The highest BCUT2D eigenvalue weighted by molar-refractivity contribution is 5.43. The Morgan fingerprint density at radius 3 is 2.75 bits per heavy atom. The zero-order valence-electron chi connectivity index (χ0n) is 12.5. The van der Waals surface area contributed by atoms with Crippen molar-refractivity contribution in [2.24, 2.45) is 5.41 Å². The summed E-state index contributed by atoms with van der Waals surface area (Å²) >= 11 is 0. The molecule has 0 saturated heterocycles. The summed E-state index contributed by atoms with van der Waals surface area (Å²) in [4.78, 5) is 10.4. The SMILES string of the molecule is CCC1(C)C(NC)CC1Oc1ccc([N+](=O)[O-])cc1C. The summed E-state index contributed by atoms with van der Waals surface area (Å²) in [7, 11) is 1.98. The van der Waals surface area contributed by atoms with Crippen LogP contribution in [0.15, 0.2) is 18.2 Å². The summed E-state index contributed by atoms with van der Waals surface area (Å²) in [5, 5.41) is 14.1. The van der Waals surface area contributed by atoms with Crippen LogP contribution in [0.3, 0.4) is 0 Å². The van der Waals surface area contributed by atoms with E-state index in [0.717, 1.165) is 24.2 Å². The van der Waals surface area contributed by atoms with Gasteiger partial charge in [0.05, 0.1) is 4.92 Å². The van der Waals surface area contributed by atoms with E-state index in [1.54, 1.807) is 12.1 Å².